The van der Waals surface area contributed by atoms with Crippen LogP contribution in [0.5, 0.6) is 0 Å². The summed E-state index contributed by atoms with van der Waals surface area (Å²) in [7, 11) is 0. The Bertz CT molecular complexity index is 87.4. The van der Waals surface area contributed by atoms with Gasteiger partial charge in [0.05, 0.1) is 0 Å². The minimum absolute atomic E-state index is 0.174. The van der Waals surface area contributed by atoms with E-state index in [4.69, 9.17) is 0 Å². The van der Waals surface area contributed by atoms with Gasteiger partial charge in [-0.25, -0.2) is 0 Å². The van der Waals surface area contributed by atoms with Crippen molar-refractivity contribution in [1.29, 1.82) is 0 Å². The summed E-state index contributed by atoms with van der Waals surface area (Å²) in [6.07, 6.45) is 0. The molecule has 4 heteroatoms. The van der Waals surface area contributed by atoms with E-state index < -0.39 is 10.7 Å². The Labute approximate surface area is 70.3 Å². The van der Waals surface area contributed by atoms with E-state index in [2.05, 4.69) is 31.9 Å². The molecule has 9 heavy (non-hydrogen) atoms. The minimum Gasteiger partial charge on any atom is -0.193 e. The van der Waals surface area contributed by atoms with Crippen molar-refractivity contribution in [3.63, 3.8) is 0 Å². The van der Waals surface area contributed by atoms with E-state index in [1.807, 2.05) is 0 Å². The highest BCUT2D eigenvalue weighted by Gasteiger charge is 2.35. The molecule has 2 unspecified atom stereocenters. The Hall–Kier alpha value is 0.820. The molecule has 0 nitrogen and oxygen atoms in total. The van der Waals surface area contributed by atoms with Crippen molar-refractivity contribution in [2.24, 2.45) is 5.92 Å². The summed E-state index contributed by atoms with van der Waals surface area (Å²) in [5.74, 6) is -0.683. The van der Waals surface area contributed by atoms with Crippen molar-refractivity contribution in [3.05, 3.63) is 0 Å². The average Bonchev–Trinajstić information content (AvgIpc) is 1.62. The Morgan fingerprint density at radius 2 is 1.67 bits per heavy atom. The molecule has 0 aliphatic rings. The van der Waals surface area contributed by atoms with Gasteiger partial charge in [-0.15, -0.1) is 0 Å². The SMILES string of the molecule is CC(Br)C(C)C(F)(F)Br. The van der Waals surface area contributed by atoms with Crippen LogP contribution in [0.15, 0.2) is 0 Å². The normalized spacial score (nSPS) is 19.3. The van der Waals surface area contributed by atoms with Gasteiger partial charge in [0, 0.05) is 10.7 Å². The van der Waals surface area contributed by atoms with Crippen LogP contribution in [0.3, 0.4) is 0 Å². The van der Waals surface area contributed by atoms with Crippen molar-refractivity contribution in [2.45, 2.75) is 23.5 Å². The van der Waals surface area contributed by atoms with E-state index in [0.29, 0.717) is 0 Å². The fourth-order valence-electron chi connectivity index (χ4n) is 0.260. The molecule has 56 valence electrons. The predicted octanol–water partition coefficient (Wildman–Crippen LogP) is 3.39. The number of hydrogen-bond donors (Lipinski definition) is 0. The molecule has 0 aliphatic heterocycles. The summed E-state index contributed by atoms with van der Waals surface area (Å²) >= 11 is 5.35. The summed E-state index contributed by atoms with van der Waals surface area (Å²) in [6, 6.07) is 0. The molecule has 0 rings (SSSR count). The number of hydrogen-bond acceptors (Lipinski definition) is 0. The van der Waals surface area contributed by atoms with Gasteiger partial charge >= 0.3 is 4.83 Å². The van der Waals surface area contributed by atoms with Gasteiger partial charge in [-0.2, -0.15) is 8.78 Å². The molecule has 0 bridgehead atoms. The molecule has 0 N–H and O–H groups in total. The molecular weight excluding hydrogens is 258 g/mol. The van der Waals surface area contributed by atoms with Gasteiger partial charge in [-0.1, -0.05) is 29.8 Å². The lowest BCUT2D eigenvalue weighted by Crippen LogP contribution is -2.24. The summed E-state index contributed by atoms with van der Waals surface area (Å²) in [5, 5.41) is 0. The number of halogens is 4. The fourth-order valence-corrected chi connectivity index (χ4v) is 1.34. The molecular formula is C5H8Br2F2. The first-order valence-corrected chi connectivity index (χ1v) is 4.27. The summed E-state index contributed by atoms with van der Waals surface area (Å²) < 4.78 is 24.5. The van der Waals surface area contributed by atoms with Crippen molar-refractivity contribution in [3.8, 4) is 0 Å². The maximum absolute atomic E-state index is 12.3. The highest BCUT2D eigenvalue weighted by Crippen LogP contribution is 2.35. The summed E-state index contributed by atoms with van der Waals surface area (Å²) in [6.45, 7) is 3.17. The average molecular weight is 266 g/mol. The molecule has 0 saturated heterocycles. The van der Waals surface area contributed by atoms with Crippen LogP contribution >= 0.6 is 31.9 Å². The zero-order valence-corrected chi connectivity index (χ0v) is 8.34. The Balaban J connectivity index is 3.88. The highest BCUT2D eigenvalue weighted by molar-refractivity contribution is 9.10. The van der Waals surface area contributed by atoms with Gasteiger partial charge < -0.3 is 0 Å². The van der Waals surface area contributed by atoms with Gasteiger partial charge in [0.1, 0.15) is 0 Å². The number of alkyl halides is 4. The Morgan fingerprint density at radius 3 is 1.67 bits per heavy atom. The highest BCUT2D eigenvalue weighted by atomic mass is 79.9. The first-order chi connectivity index (χ1) is 3.85. The second kappa shape index (κ2) is 3.28. The predicted molar refractivity (Wildman–Crippen MR) is 41.4 cm³/mol. The maximum Gasteiger partial charge on any atom is 0.305 e. The molecule has 2 atom stereocenters. The Morgan fingerprint density at radius 1 is 1.33 bits per heavy atom. The molecule has 0 aliphatic carbocycles. The van der Waals surface area contributed by atoms with Crippen LogP contribution in [0.25, 0.3) is 0 Å². The Kier molecular flexibility index (Phi) is 3.58. The zero-order chi connectivity index (χ0) is 7.65. The van der Waals surface area contributed by atoms with Crippen molar-refractivity contribution in [1.82, 2.24) is 0 Å². The molecule has 0 heterocycles. The third-order valence-electron chi connectivity index (χ3n) is 1.21. The van der Waals surface area contributed by atoms with E-state index >= 15 is 0 Å². The van der Waals surface area contributed by atoms with Crippen LogP contribution in [-0.4, -0.2) is 9.66 Å². The molecule has 0 spiro atoms. The standard InChI is InChI=1S/C5H8Br2F2/c1-3(4(2)6)5(7,8)9/h3-4H,1-2H3. The zero-order valence-electron chi connectivity index (χ0n) is 5.17. The smallest absolute Gasteiger partial charge is 0.193 e. The first kappa shape index (κ1) is 9.82. The summed E-state index contributed by atoms with van der Waals surface area (Å²) in [4.78, 5) is -2.93. The molecule has 0 aromatic heterocycles. The maximum atomic E-state index is 12.3. The monoisotopic (exact) mass is 264 g/mol. The molecule has 0 aromatic carbocycles. The van der Waals surface area contributed by atoms with E-state index in [1.54, 1.807) is 6.92 Å². The second-order valence-electron chi connectivity index (χ2n) is 2.01. The van der Waals surface area contributed by atoms with Crippen LogP contribution in [0.2, 0.25) is 0 Å². The fraction of sp³-hybridized carbons (Fsp3) is 1.00. The minimum atomic E-state index is -2.75. The van der Waals surface area contributed by atoms with Gasteiger partial charge in [-0.3, -0.25) is 0 Å². The largest absolute Gasteiger partial charge is 0.305 e. The number of rotatable bonds is 2. The molecule has 0 saturated carbocycles. The molecule has 0 amide bonds. The van der Waals surface area contributed by atoms with Crippen LogP contribution in [0, 0.1) is 5.92 Å². The topological polar surface area (TPSA) is 0 Å². The van der Waals surface area contributed by atoms with Crippen LogP contribution < -0.4 is 0 Å². The third-order valence-corrected chi connectivity index (χ3v) is 2.72. The quantitative estimate of drug-likeness (QED) is 0.672. The molecule has 0 fully saturated rings. The van der Waals surface area contributed by atoms with Crippen molar-refractivity contribution < 1.29 is 8.78 Å². The first-order valence-electron chi connectivity index (χ1n) is 2.56. The van der Waals surface area contributed by atoms with Crippen LogP contribution in [-0.2, 0) is 0 Å². The van der Waals surface area contributed by atoms with Gasteiger partial charge in [0.25, 0.3) is 0 Å². The van der Waals surface area contributed by atoms with E-state index in [1.165, 1.54) is 6.92 Å². The summed E-state index contributed by atoms with van der Waals surface area (Å²) in [5.41, 5.74) is 0. The lowest BCUT2D eigenvalue weighted by Gasteiger charge is -2.19. The van der Waals surface area contributed by atoms with E-state index in [0.717, 1.165) is 0 Å². The van der Waals surface area contributed by atoms with E-state index in [9.17, 15) is 8.78 Å². The van der Waals surface area contributed by atoms with Gasteiger partial charge in [0.15, 0.2) is 0 Å². The molecule has 0 radical (unpaired) electrons. The third kappa shape index (κ3) is 3.50. The second-order valence-corrected chi connectivity index (χ2v) is 4.51. The lowest BCUT2D eigenvalue weighted by molar-refractivity contribution is 0.0562. The van der Waals surface area contributed by atoms with Gasteiger partial charge in [0.2, 0.25) is 0 Å². The lowest BCUT2D eigenvalue weighted by atomic mass is 10.1. The van der Waals surface area contributed by atoms with Crippen LogP contribution in [0.1, 0.15) is 13.8 Å². The van der Waals surface area contributed by atoms with Crippen molar-refractivity contribution in [2.75, 3.05) is 0 Å². The molecule has 0 aromatic rings. The van der Waals surface area contributed by atoms with Crippen LogP contribution in [0.4, 0.5) is 8.78 Å². The van der Waals surface area contributed by atoms with E-state index in [-0.39, 0.29) is 4.83 Å². The van der Waals surface area contributed by atoms with Crippen molar-refractivity contribution >= 4 is 31.9 Å². The van der Waals surface area contributed by atoms with Gasteiger partial charge in [-0.05, 0) is 15.9 Å².